The van der Waals surface area contributed by atoms with Gasteiger partial charge in [-0.1, -0.05) is 34.1 Å². The summed E-state index contributed by atoms with van der Waals surface area (Å²) in [5.41, 5.74) is 4.44. The molecule has 0 atom stereocenters. The number of hydrogen-bond acceptors (Lipinski definition) is 5. The number of aromatic nitrogens is 1. The number of fused-ring (bicyclic) bond motifs is 1. The van der Waals surface area contributed by atoms with E-state index < -0.39 is 10.0 Å². The van der Waals surface area contributed by atoms with E-state index in [0.717, 1.165) is 20.9 Å². The highest BCUT2D eigenvalue weighted by atomic mass is 79.9. The van der Waals surface area contributed by atoms with Crippen LogP contribution >= 0.6 is 15.9 Å². The Morgan fingerprint density at radius 3 is 2.55 bits per heavy atom. The number of piperazine rings is 1. The number of nitrogens with zero attached hydrogens (tertiary/aromatic N) is 3. The molecular formula is C21H22BrN5O3S. The number of para-hydroxylation sites is 1. The monoisotopic (exact) mass is 503 g/mol. The Labute approximate surface area is 189 Å². The number of sulfonamides is 1. The van der Waals surface area contributed by atoms with Crippen molar-refractivity contribution in [2.45, 2.75) is 4.90 Å². The average molecular weight is 504 g/mol. The van der Waals surface area contributed by atoms with Gasteiger partial charge in [-0.2, -0.15) is 9.41 Å². The predicted molar refractivity (Wildman–Crippen MR) is 123 cm³/mol. The fourth-order valence-corrected chi connectivity index (χ4v) is 5.18. The molecule has 1 aromatic heterocycles. The maximum atomic E-state index is 12.8. The van der Waals surface area contributed by atoms with Crippen LogP contribution in [0.3, 0.4) is 0 Å². The lowest BCUT2D eigenvalue weighted by atomic mass is 10.2. The minimum absolute atomic E-state index is 0.164. The summed E-state index contributed by atoms with van der Waals surface area (Å²) in [6.07, 6.45) is 3.45. The number of halogens is 1. The van der Waals surface area contributed by atoms with Crippen LogP contribution in [0.25, 0.3) is 10.9 Å². The van der Waals surface area contributed by atoms with Crippen LogP contribution in [-0.2, 0) is 14.8 Å². The van der Waals surface area contributed by atoms with Gasteiger partial charge in [0.2, 0.25) is 10.0 Å². The third-order valence-corrected chi connectivity index (χ3v) is 7.61. The third-order valence-electron chi connectivity index (χ3n) is 5.16. The molecule has 31 heavy (non-hydrogen) atoms. The van der Waals surface area contributed by atoms with E-state index in [1.165, 1.54) is 4.31 Å². The van der Waals surface area contributed by atoms with E-state index in [1.54, 1.807) is 30.5 Å². The van der Waals surface area contributed by atoms with E-state index in [-0.39, 0.29) is 17.3 Å². The summed E-state index contributed by atoms with van der Waals surface area (Å²) in [5, 5.41) is 5.08. The van der Waals surface area contributed by atoms with Crippen molar-refractivity contribution in [1.29, 1.82) is 0 Å². The van der Waals surface area contributed by atoms with Crippen molar-refractivity contribution in [2.75, 3.05) is 32.7 Å². The number of rotatable bonds is 6. The number of hydrogen-bond donors (Lipinski definition) is 2. The molecule has 1 amide bonds. The summed E-state index contributed by atoms with van der Waals surface area (Å²) in [7, 11) is -3.53. The first kappa shape index (κ1) is 21.7. The van der Waals surface area contributed by atoms with Gasteiger partial charge >= 0.3 is 0 Å². The largest absolute Gasteiger partial charge is 0.361 e. The van der Waals surface area contributed by atoms with E-state index in [0.29, 0.717) is 26.2 Å². The second-order valence-electron chi connectivity index (χ2n) is 7.22. The Morgan fingerprint density at radius 2 is 1.81 bits per heavy atom. The van der Waals surface area contributed by atoms with Crippen molar-refractivity contribution < 1.29 is 13.2 Å². The highest BCUT2D eigenvalue weighted by Gasteiger charge is 2.28. The van der Waals surface area contributed by atoms with Gasteiger partial charge in [0, 0.05) is 53.3 Å². The fourth-order valence-electron chi connectivity index (χ4n) is 3.50. The molecule has 2 heterocycles. The summed E-state index contributed by atoms with van der Waals surface area (Å²) in [4.78, 5) is 17.6. The zero-order valence-corrected chi connectivity index (χ0v) is 19.1. The molecule has 0 aliphatic carbocycles. The second-order valence-corrected chi connectivity index (χ2v) is 10.1. The van der Waals surface area contributed by atoms with Crippen LogP contribution < -0.4 is 5.43 Å². The molecule has 162 valence electrons. The van der Waals surface area contributed by atoms with Gasteiger partial charge in [-0.15, -0.1) is 0 Å². The zero-order chi connectivity index (χ0) is 21.8. The summed E-state index contributed by atoms with van der Waals surface area (Å²) in [5.74, 6) is -0.236. The molecule has 2 aromatic carbocycles. The number of aromatic amines is 1. The lowest BCUT2D eigenvalue weighted by Gasteiger charge is -2.33. The Bertz CT molecular complexity index is 1200. The normalized spacial score (nSPS) is 16.2. The molecule has 0 unspecified atom stereocenters. The molecule has 0 spiro atoms. The maximum Gasteiger partial charge on any atom is 0.254 e. The van der Waals surface area contributed by atoms with E-state index in [2.05, 4.69) is 31.4 Å². The van der Waals surface area contributed by atoms with Gasteiger partial charge in [-0.3, -0.25) is 9.69 Å². The van der Waals surface area contributed by atoms with Gasteiger partial charge in [0.05, 0.1) is 17.7 Å². The van der Waals surface area contributed by atoms with Crippen molar-refractivity contribution in [3.8, 4) is 0 Å². The molecular weight excluding hydrogens is 482 g/mol. The molecule has 0 bridgehead atoms. The van der Waals surface area contributed by atoms with E-state index >= 15 is 0 Å². The minimum Gasteiger partial charge on any atom is -0.361 e. The van der Waals surface area contributed by atoms with Crippen molar-refractivity contribution in [3.05, 3.63) is 64.8 Å². The van der Waals surface area contributed by atoms with E-state index in [4.69, 9.17) is 0 Å². The molecule has 10 heteroatoms. The van der Waals surface area contributed by atoms with E-state index in [1.807, 2.05) is 35.4 Å². The smallest absolute Gasteiger partial charge is 0.254 e. The first-order chi connectivity index (χ1) is 14.9. The summed E-state index contributed by atoms with van der Waals surface area (Å²) in [6, 6.07) is 14.5. The van der Waals surface area contributed by atoms with Gasteiger partial charge in [0.25, 0.3) is 5.91 Å². The van der Waals surface area contributed by atoms with Crippen molar-refractivity contribution in [3.63, 3.8) is 0 Å². The van der Waals surface area contributed by atoms with Gasteiger partial charge in [-0.25, -0.2) is 13.8 Å². The lowest BCUT2D eigenvalue weighted by Crippen LogP contribution is -2.50. The topological polar surface area (TPSA) is 97.9 Å². The molecule has 1 aliphatic heterocycles. The van der Waals surface area contributed by atoms with Crippen LogP contribution in [-0.4, -0.2) is 67.5 Å². The Hall–Kier alpha value is -2.53. The van der Waals surface area contributed by atoms with Crippen molar-refractivity contribution in [1.82, 2.24) is 19.6 Å². The first-order valence-electron chi connectivity index (χ1n) is 9.79. The van der Waals surface area contributed by atoms with Crippen LogP contribution in [0.5, 0.6) is 0 Å². The van der Waals surface area contributed by atoms with Crippen LogP contribution in [0.1, 0.15) is 5.56 Å². The van der Waals surface area contributed by atoms with Crippen LogP contribution in [0.4, 0.5) is 0 Å². The molecule has 1 fully saturated rings. The van der Waals surface area contributed by atoms with Crippen LogP contribution in [0, 0.1) is 0 Å². The van der Waals surface area contributed by atoms with Gasteiger partial charge in [-0.05, 0) is 30.3 Å². The highest BCUT2D eigenvalue weighted by molar-refractivity contribution is 9.10. The molecule has 8 nitrogen and oxygen atoms in total. The Kier molecular flexibility index (Phi) is 6.51. The summed E-state index contributed by atoms with van der Waals surface area (Å²) in [6.45, 7) is 1.80. The van der Waals surface area contributed by atoms with Gasteiger partial charge in [0.15, 0.2) is 0 Å². The quantitative estimate of drug-likeness (QED) is 0.398. The maximum absolute atomic E-state index is 12.8. The molecule has 0 radical (unpaired) electrons. The third kappa shape index (κ3) is 5.04. The van der Waals surface area contributed by atoms with Crippen LogP contribution in [0.15, 0.2) is 69.2 Å². The number of carbonyl (C=O) groups excluding carboxylic acids is 1. The number of hydrazone groups is 1. The lowest BCUT2D eigenvalue weighted by molar-refractivity contribution is -0.122. The van der Waals surface area contributed by atoms with Crippen LogP contribution in [0.2, 0.25) is 0 Å². The fraction of sp³-hybridized carbons (Fsp3) is 0.238. The molecule has 3 aromatic rings. The number of H-pyrrole nitrogens is 1. The SMILES string of the molecule is O=C(CN1CCN(S(=O)(=O)c2ccc(Br)cc2)CC1)N/N=C\c1c[nH]c2ccccc12. The number of benzene rings is 2. The standard InChI is InChI=1S/C21H22BrN5O3S/c22-17-5-7-18(8-6-17)31(29,30)27-11-9-26(10-12-27)15-21(28)25-24-14-16-13-23-20-4-2-1-3-19(16)20/h1-8,13-14,23H,9-12,15H2,(H,25,28)/b24-14-. The van der Waals surface area contributed by atoms with Crippen molar-refractivity contribution >= 4 is 49.0 Å². The average Bonchev–Trinajstić information content (AvgIpc) is 3.18. The number of carbonyl (C=O) groups is 1. The first-order valence-corrected chi connectivity index (χ1v) is 12.0. The zero-order valence-electron chi connectivity index (χ0n) is 16.7. The minimum atomic E-state index is -3.53. The van der Waals surface area contributed by atoms with Crippen molar-refractivity contribution in [2.24, 2.45) is 5.10 Å². The highest BCUT2D eigenvalue weighted by Crippen LogP contribution is 2.20. The Morgan fingerprint density at radius 1 is 1.10 bits per heavy atom. The van der Waals surface area contributed by atoms with Gasteiger partial charge in [0.1, 0.15) is 0 Å². The van der Waals surface area contributed by atoms with E-state index in [9.17, 15) is 13.2 Å². The molecule has 0 saturated carbocycles. The molecule has 1 saturated heterocycles. The second kappa shape index (κ2) is 9.31. The predicted octanol–water partition coefficient (Wildman–Crippen LogP) is 2.39. The molecule has 2 N–H and O–H groups in total. The number of nitrogens with one attached hydrogen (secondary N) is 2. The summed E-state index contributed by atoms with van der Waals surface area (Å²) >= 11 is 3.31. The molecule has 1 aliphatic rings. The van der Waals surface area contributed by atoms with Gasteiger partial charge < -0.3 is 4.98 Å². The molecule has 4 rings (SSSR count). The Balaban J connectivity index is 1.27. The number of amides is 1. The summed E-state index contributed by atoms with van der Waals surface area (Å²) < 4.78 is 27.8.